The van der Waals surface area contributed by atoms with Gasteiger partial charge in [0.05, 0.1) is 7.11 Å². The van der Waals surface area contributed by atoms with E-state index in [1.165, 1.54) is 7.11 Å². The fourth-order valence-electron chi connectivity index (χ4n) is 2.45. The van der Waals surface area contributed by atoms with E-state index in [2.05, 4.69) is 0 Å². The van der Waals surface area contributed by atoms with Gasteiger partial charge in [-0.3, -0.25) is 4.79 Å². The molecule has 0 spiro atoms. The summed E-state index contributed by atoms with van der Waals surface area (Å²) in [6, 6.07) is 9.29. The van der Waals surface area contributed by atoms with Gasteiger partial charge in [-0.05, 0) is 18.4 Å². The van der Waals surface area contributed by atoms with E-state index in [1.54, 1.807) is 4.90 Å². The standard InChI is InChI=1S/C15H19NO3/c1-19-15(18)13-9-5-6-10-14(17)16(13)11-12-7-3-2-4-8-12/h2-4,7-8,13H,5-6,9-11H2,1H3/t13-/m0/s1. The third-order valence-electron chi connectivity index (χ3n) is 3.48. The highest BCUT2D eigenvalue weighted by Gasteiger charge is 2.32. The second-order valence-corrected chi connectivity index (χ2v) is 4.79. The van der Waals surface area contributed by atoms with Crippen molar-refractivity contribution in [1.82, 2.24) is 4.90 Å². The van der Waals surface area contributed by atoms with Gasteiger partial charge in [0.2, 0.25) is 5.91 Å². The number of methoxy groups -OCH3 is 1. The molecule has 0 radical (unpaired) electrons. The third-order valence-corrected chi connectivity index (χ3v) is 3.48. The van der Waals surface area contributed by atoms with Crippen LogP contribution in [0.2, 0.25) is 0 Å². The first kappa shape index (κ1) is 13.6. The van der Waals surface area contributed by atoms with Crippen LogP contribution in [-0.4, -0.2) is 29.9 Å². The lowest BCUT2D eigenvalue weighted by Crippen LogP contribution is -2.43. The van der Waals surface area contributed by atoms with Crippen LogP contribution in [0.15, 0.2) is 30.3 Å². The van der Waals surface area contributed by atoms with Gasteiger partial charge in [-0.15, -0.1) is 0 Å². The first-order valence-corrected chi connectivity index (χ1v) is 6.63. The molecule has 1 aromatic carbocycles. The number of nitrogens with zero attached hydrogens (tertiary/aromatic N) is 1. The van der Waals surface area contributed by atoms with Gasteiger partial charge >= 0.3 is 5.97 Å². The van der Waals surface area contributed by atoms with E-state index < -0.39 is 6.04 Å². The van der Waals surface area contributed by atoms with Crippen LogP contribution < -0.4 is 0 Å². The molecule has 19 heavy (non-hydrogen) atoms. The van der Waals surface area contributed by atoms with E-state index in [9.17, 15) is 9.59 Å². The molecule has 0 bridgehead atoms. The Morgan fingerprint density at radius 1 is 1.32 bits per heavy atom. The summed E-state index contributed by atoms with van der Waals surface area (Å²) in [6.07, 6.45) is 2.93. The predicted octanol–water partition coefficient (Wildman–Crippen LogP) is 2.13. The lowest BCUT2D eigenvalue weighted by Gasteiger charge is -2.28. The summed E-state index contributed by atoms with van der Waals surface area (Å²) in [5.74, 6) is -0.275. The third kappa shape index (κ3) is 3.34. The summed E-state index contributed by atoms with van der Waals surface area (Å²) < 4.78 is 4.83. The molecule has 4 heteroatoms. The molecule has 2 rings (SSSR count). The number of hydrogen-bond acceptors (Lipinski definition) is 3. The normalized spacial score (nSPS) is 19.9. The van der Waals surface area contributed by atoms with Crippen LogP contribution in [0.4, 0.5) is 0 Å². The number of carbonyl (C=O) groups excluding carboxylic acids is 2. The molecule has 1 amide bonds. The number of benzene rings is 1. The van der Waals surface area contributed by atoms with E-state index in [0.29, 0.717) is 19.4 Å². The van der Waals surface area contributed by atoms with Crippen LogP contribution in [0.5, 0.6) is 0 Å². The molecular formula is C15H19NO3. The summed E-state index contributed by atoms with van der Waals surface area (Å²) in [7, 11) is 1.37. The minimum atomic E-state index is -0.444. The molecule has 0 aliphatic carbocycles. The van der Waals surface area contributed by atoms with E-state index in [1.807, 2.05) is 30.3 Å². The number of esters is 1. The maximum absolute atomic E-state index is 12.2. The highest BCUT2D eigenvalue weighted by molar-refractivity contribution is 5.84. The highest BCUT2D eigenvalue weighted by Crippen LogP contribution is 2.21. The zero-order chi connectivity index (χ0) is 13.7. The van der Waals surface area contributed by atoms with E-state index >= 15 is 0 Å². The molecule has 1 fully saturated rings. The number of amides is 1. The maximum atomic E-state index is 12.2. The van der Waals surface area contributed by atoms with E-state index in [0.717, 1.165) is 18.4 Å². The van der Waals surface area contributed by atoms with Gasteiger partial charge in [0.15, 0.2) is 0 Å². The summed E-state index contributed by atoms with van der Waals surface area (Å²) in [6.45, 7) is 0.472. The Hall–Kier alpha value is -1.84. The van der Waals surface area contributed by atoms with Crippen LogP contribution >= 0.6 is 0 Å². The second-order valence-electron chi connectivity index (χ2n) is 4.79. The average Bonchev–Trinajstić information content (AvgIpc) is 2.62. The predicted molar refractivity (Wildman–Crippen MR) is 71.3 cm³/mol. The van der Waals surface area contributed by atoms with Crippen molar-refractivity contribution in [3.05, 3.63) is 35.9 Å². The van der Waals surface area contributed by atoms with Crippen molar-refractivity contribution in [3.8, 4) is 0 Å². The van der Waals surface area contributed by atoms with Gasteiger partial charge < -0.3 is 9.64 Å². The van der Waals surface area contributed by atoms with Gasteiger partial charge in [-0.25, -0.2) is 4.79 Å². The summed E-state index contributed by atoms with van der Waals surface area (Å²) in [4.78, 5) is 25.7. The van der Waals surface area contributed by atoms with Crippen molar-refractivity contribution in [2.75, 3.05) is 7.11 Å². The summed E-state index contributed by atoms with van der Waals surface area (Å²) in [5, 5.41) is 0. The van der Waals surface area contributed by atoms with E-state index in [-0.39, 0.29) is 11.9 Å². The summed E-state index contributed by atoms with van der Waals surface area (Å²) >= 11 is 0. The Bertz CT molecular complexity index is 444. The van der Waals surface area contributed by atoms with Crippen molar-refractivity contribution in [2.24, 2.45) is 0 Å². The van der Waals surface area contributed by atoms with Crippen LogP contribution in [-0.2, 0) is 20.9 Å². The Morgan fingerprint density at radius 2 is 2.05 bits per heavy atom. The average molecular weight is 261 g/mol. The Morgan fingerprint density at radius 3 is 2.74 bits per heavy atom. The fraction of sp³-hybridized carbons (Fsp3) is 0.467. The molecule has 0 unspecified atom stereocenters. The second kappa shape index (κ2) is 6.36. The van der Waals surface area contributed by atoms with Gasteiger partial charge in [0.1, 0.15) is 6.04 Å². The Labute approximate surface area is 113 Å². The zero-order valence-corrected chi connectivity index (χ0v) is 11.2. The Balaban J connectivity index is 2.19. The monoisotopic (exact) mass is 261 g/mol. The van der Waals surface area contributed by atoms with Crippen LogP contribution in [0.3, 0.4) is 0 Å². The number of carbonyl (C=O) groups is 2. The highest BCUT2D eigenvalue weighted by atomic mass is 16.5. The smallest absolute Gasteiger partial charge is 0.328 e. The molecule has 1 aliphatic heterocycles. The molecule has 1 atom stereocenters. The molecule has 1 saturated heterocycles. The van der Waals surface area contributed by atoms with Crippen LogP contribution in [0, 0.1) is 0 Å². The first-order valence-electron chi connectivity index (χ1n) is 6.63. The Kier molecular flexibility index (Phi) is 4.55. The lowest BCUT2D eigenvalue weighted by atomic mass is 10.1. The minimum absolute atomic E-state index is 0.0387. The molecule has 1 aliphatic rings. The molecule has 0 saturated carbocycles. The number of hydrogen-bond donors (Lipinski definition) is 0. The lowest BCUT2D eigenvalue weighted by molar-refractivity contribution is -0.153. The quantitative estimate of drug-likeness (QED) is 0.783. The molecule has 0 aromatic heterocycles. The molecule has 0 N–H and O–H groups in total. The van der Waals surface area contributed by atoms with Crippen molar-refractivity contribution in [1.29, 1.82) is 0 Å². The van der Waals surface area contributed by atoms with Gasteiger partial charge in [0.25, 0.3) is 0 Å². The molecule has 102 valence electrons. The van der Waals surface area contributed by atoms with Crippen molar-refractivity contribution >= 4 is 11.9 Å². The topological polar surface area (TPSA) is 46.6 Å². The zero-order valence-electron chi connectivity index (χ0n) is 11.2. The van der Waals surface area contributed by atoms with E-state index in [4.69, 9.17) is 4.74 Å². The van der Waals surface area contributed by atoms with Crippen LogP contribution in [0.25, 0.3) is 0 Å². The molecule has 1 aromatic rings. The van der Waals surface area contributed by atoms with Gasteiger partial charge in [0, 0.05) is 13.0 Å². The van der Waals surface area contributed by atoms with Crippen LogP contribution in [0.1, 0.15) is 31.2 Å². The van der Waals surface area contributed by atoms with Crippen molar-refractivity contribution in [2.45, 2.75) is 38.3 Å². The number of rotatable bonds is 3. The van der Waals surface area contributed by atoms with Gasteiger partial charge in [-0.1, -0.05) is 36.8 Å². The van der Waals surface area contributed by atoms with Gasteiger partial charge in [-0.2, -0.15) is 0 Å². The SMILES string of the molecule is COC(=O)[C@@H]1CCCCC(=O)N1Cc1ccccc1. The van der Waals surface area contributed by atoms with Crippen molar-refractivity contribution < 1.29 is 14.3 Å². The largest absolute Gasteiger partial charge is 0.467 e. The minimum Gasteiger partial charge on any atom is -0.467 e. The molecule has 1 heterocycles. The number of ether oxygens (including phenoxy) is 1. The fourth-order valence-corrected chi connectivity index (χ4v) is 2.45. The summed E-state index contributed by atoms with van der Waals surface area (Å²) in [5.41, 5.74) is 1.03. The molecular weight excluding hydrogens is 242 g/mol. The molecule has 4 nitrogen and oxygen atoms in total. The number of likely N-dealkylation sites (tertiary alicyclic amines) is 1. The van der Waals surface area contributed by atoms with Crippen molar-refractivity contribution in [3.63, 3.8) is 0 Å². The first-order chi connectivity index (χ1) is 9.22. The maximum Gasteiger partial charge on any atom is 0.328 e.